The van der Waals surface area contributed by atoms with Crippen molar-refractivity contribution in [1.29, 1.82) is 0 Å². The molecule has 124 valence electrons. The average molecular weight is 316 g/mol. The standard InChI is InChI=1S/C16H24N6O/c1-20(12-15-18-16(23-19-15)13-3-4-13)14-5-8-21(11-14)9-10-22-7-2-6-17-22/h2,6-7,13-14H,3-5,8-12H2,1H3/t14-/m0/s1. The normalized spacial score (nSPS) is 22.3. The van der Waals surface area contributed by atoms with Gasteiger partial charge in [0.2, 0.25) is 5.89 Å². The quantitative estimate of drug-likeness (QED) is 0.768. The molecule has 3 heterocycles. The summed E-state index contributed by atoms with van der Waals surface area (Å²) >= 11 is 0. The first-order chi connectivity index (χ1) is 11.3. The molecule has 1 aliphatic carbocycles. The Balaban J connectivity index is 1.24. The van der Waals surface area contributed by atoms with Gasteiger partial charge in [0.1, 0.15) is 0 Å². The molecule has 2 aromatic heterocycles. The van der Waals surface area contributed by atoms with Crippen LogP contribution < -0.4 is 0 Å². The third-order valence-corrected chi connectivity index (χ3v) is 4.88. The number of nitrogens with zero attached hydrogens (tertiary/aromatic N) is 6. The summed E-state index contributed by atoms with van der Waals surface area (Å²) in [5, 5.41) is 8.39. The van der Waals surface area contributed by atoms with Gasteiger partial charge in [0.15, 0.2) is 5.82 Å². The van der Waals surface area contributed by atoms with E-state index in [0.717, 1.165) is 44.4 Å². The van der Waals surface area contributed by atoms with E-state index in [1.807, 2.05) is 23.1 Å². The Morgan fingerprint density at radius 2 is 2.22 bits per heavy atom. The number of rotatable bonds is 7. The van der Waals surface area contributed by atoms with E-state index in [1.165, 1.54) is 19.3 Å². The largest absolute Gasteiger partial charge is 0.339 e. The molecule has 1 atom stereocenters. The molecule has 1 saturated carbocycles. The van der Waals surface area contributed by atoms with E-state index in [4.69, 9.17) is 4.52 Å². The van der Waals surface area contributed by atoms with Crippen LogP contribution in [-0.4, -0.2) is 62.4 Å². The lowest BCUT2D eigenvalue weighted by atomic mass is 10.2. The molecule has 0 aromatic carbocycles. The molecule has 0 bridgehead atoms. The summed E-state index contributed by atoms with van der Waals surface area (Å²) in [4.78, 5) is 9.39. The van der Waals surface area contributed by atoms with Gasteiger partial charge in [-0.3, -0.25) is 14.5 Å². The summed E-state index contributed by atoms with van der Waals surface area (Å²) in [6, 6.07) is 2.54. The Labute approximate surface area is 136 Å². The zero-order valence-corrected chi connectivity index (χ0v) is 13.6. The fourth-order valence-corrected chi connectivity index (χ4v) is 3.23. The summed E-state index contributed by atoms with van der Waals surface area (Å²) in [6.07, 6.45) is 7.45. The highest BCUT2D eigenvalue weighted by atomic mass is 16.5. The second-order valence-corrected chi connectivity index (χ2v) is 6.75. The van der Waals surface area contributed by atoms with Gasteiger partial charge in [0.25, 0.3) is 0 Å². The predicted octanol–water partition coefficient (Wildman–Crippen LogP) is 1.35. The first-order valence-electron chi connectivity index (χ1n) is 8.50. The molecule has 0 unspecified atom stereocenters. The number of aromatic nitrogens is 4. The van der Waals surface area contributed by atoms with Gasteiger partial charge in [-0.2, -0.15) is 10.1 Å². The van der Waals surface area contributed by atoms with Crippen molar-refractivity contribution in [2.24, 2.45) is 0 Å². The highest BCUT2D eigenvalue weighted by Crippen LogP contribution is 2.38. The zero-order valence-electron chi connectivity index (χ0n) is 13.6. The lowest BCUT2D eigenvalue weighted by Crippen LogP contribution is -2.35. The van der Waals surface area contributed by atoms with E-state index < -0.39 is 0 Å². The molecule has 0 radical (unpaired) electrons. The maximum Gasteiger partial charge on any atom is 0.229 e. The maximum atomic E-state index is 5.35. The minimum absolute atomic E-state index is 0.533. The molecule has 23 heavy (non-hydrogen) atoms. The van der Waals surface area contributed by atoms with E-state index in [2.05, 4.69) is 32.1 Å². The fourth-order valence-electron chi connectivity index (χ4n) is 3.23. The monoisotopic (exact) mass is 316 g/mol. The maximum absolute atomic E-state index is 5.35. The summed E-state index contributed by atoms with van der Waals surface area (Å²) in [6.45, 7) is 5.04. The van der Waals surface area contributed by atoms with Crippen LogP contribution >= 0.6 is 0 Å². The lowest BCUT2D eigenvalue weighted by Gasteiger charge is -2.23. The molecule has 0 spiro atoms. The highest BCUT2D eigenvalue weighted by molar-refractivity contribution is 5.01. The smallest absolute Gasteiger partial charge is 0.229 e. The van der Waals surface area contributed by atoms with Crippen molar-refractivity contribution in [2.75, 3.05) is 26.7 Å². The molecule has 0 amide bonds. The van der Waals surface area contributed by atoms with E-state index in [0.29, 0.717) is 12.0 Å². The van der Waals surface area contributed by atoms with Crippen molar-refractivity contribution in [3.05, 3.63) is 30.2 Å². The van der Waals surface area contributed by atoms with Gasteiger partial charge < -0.3 is 4.52 Å². The summed E-state index contributed by atoms with van der Waals surface area (Å²) in [5.41, 5.74) is 0. The molecule has 7 heteroatoms. The molecule has 2 aliphatic rings. The Morgan fingerprint density at radius 1 is 1.30 bits per heavy atom. The van der Waals surface area contributed by atoms with Crippen molar-refractivity contribution in [3.63, 3.8) is 0 Å². The predicted molar refractivity (Wildman–Crippen MR) is 84.8 cm³/mol. The van der Waals surface area contributed by atoms with E-state index >= 15 is 0 Å². The van der Waals surface area contributed by atoms with Crippen molar-refractivity contribution >= 4 is 0 Å². The Kier molecular flexibility index (Phi) is 4.13. The van der Waals surface area contributed by atoms with Crippen LogP contribution in [0.25, 0.3) is 0 Å². The van der Waals surface area contributed by atoms with E-state index in [1.54, 1.807) is 0 Å². The van der Waals surface area contributed by atoms with Crippen LogP contribution in [-0.2, 0) is 13.1 Å². The van der Waals surface area contributed by atoms with Crippen molar-refractivity contribution in [3.8, 4) is 0 Å². The van der Waals surface area contributed by atoms with Crippen LogP contribution in [0.15, 0.2) is 23.0 Å². The molecule has 1 aliphatic heterocycles. The Bertz CT molecular complexity index is 620. The Morgan fingerprint density at radius 3 is 3.00 bits per heavy atom. The molecule has 7 nitrogen and oxygen atoms in total. The minimum atomic E-state index is 0.533. The molecule has 2 fully saturated rings. The number of likely N-dealkylation sites (tertiary alicyclic amines) is 1. The molecular weight excluding hydrogens is 292 g/mol. The Hall–Kier alpha value is -1.73. The van der Waals surface area contributed by atoms with Crippen molar-refractivity contribution in [2.45, 2.75) is 44.3 Å². The third kappa shape index (κ3) is 3.61. The average Bonchev–Trinajstić information content (AvgIpc) is 3.00. The topological polar surface area (TPSA) is 63.2 Å². The van der Waals surface area contributed by atoms with Crippen LogP contribution in [0.2, 0.25) is 0 Å². The molecule has 4 rings (SSSR count). The number of hydrogen-bond acceptors (Lipinski definition) is 6. The van der Waals surface area contributed by atoms with Crippen molar-refractivity contribution < 1.29 is 4.52 Å². The van der Waals surface area contributed by atoms with E-state index in [-0.39, 0.29) is 0 Å². The van der Waals surface area contributed by atoms with Gasteiger partial charge in [0.05, 0.1) is 13.1 Å². The summed E-state index contributed by atoms with van der Waals surface area (Å²) in [5.74, 6) is 2.19. The fraction of sp³-hybridized carbons (Fsp3) is 0.688. The van der Waals surface area contributed by atoms with Gasteiger partial charge in [-0.15, -0.1) is 0 Å². The van der Waals surface area contributed by atoms with Gasteiger partial charge in [0, 0.05) is 37.4 Å². The second kappa shape index (κ2) is 6.41. The molecule has 2 aromatic rings. The van der Waals surface area contributed by atoms with E-state index in [9.17, 15) is 0 Å². The zero-order chi connectivity index (χ0) is 15.6. The van der Waals surface area contributed by atoms with Gasteiger partial charge in [-0.05, 0) is 38.9 Å². The first-order valence-corrected chi connectivity index (χ1v) is 8.50. The third-order valence-electron chi connectivity index (χ3n) is 4.88. The van der Waals surface area contributed by atoms with Crippen molar-refractivity contribution in [1.82, 2.24) is 29.7 Å². The lowest BCUT2D eigenvalue weighted by molar-refractivity contribution is 0.215. The van der Waals surface area contributed by atoms with Crippen LogP contribution in [0.1, 0.15) is 36.9 Å². The van der Waals surface area contributed by atoms with Crippen LogP contribution in [0.5, 0.6) is 0 Å². The molecular formula is C16H24N6O. The summed E-state index contributed by atoms with van der Waals surface area (Å²) < 4.78 is 7.34. The van der Waals surface area contributed by atoms with Gasteiger partial charge in [-0.25, -0.2) is 0 Å². The second-order valence-electron chi connectivity index (χ2n) is 6.75. The number of hydrogen-bond donors (Lipinski definition) is 0. The van der Waals surface area contributed by atoms with Gasteiger partial charge in [-0.1, -0.05) is 5.16 Å². The highest BCUT2D eigenvalue weighted by Gasteiger charge is 2.30. The molecule has 0 N–H and O–H groups in total. The van der Waals surface area contributed by atoms with Crippen LogP contribution in [0.3, 0.4) is 0 Å². The first kappa shape index (κ1) is 14.8. The number of likely N-dealkylation sites (N-methyl/N-ethyl adjacent to an activating group) is 1. The minimum Gasteiger partial charge on any atom is -0.339 e. The SMILES string of the molecule is CN(Cc1noc(C2CC2)n1)[C@H]1CCN(CCn2cccn2)C1. The molecule has 1 saturated heterocycles. The summed E-state index contributed by atoms with van der Waals surface area (Å²) in [7, 11) is 2.16. The van der Waals surface area contributed by atoms with Crippen LogP contribution in [0, 0.1) is 0 Å². The van der Waals surface area contributed by atoms with Gasteiger partial charge >= 0.3 is 0 Å². The van der Waals surface area contributed by atoms with Crippen LogP contribution in [0.4, 0.5) is 0 Å².